The van der Waals surface area contributed by atoms with Crippen molar-refractivity contribution in [1.29, 1.82) is 0 Å². The summed E-state index contributed by atoms with van der Waals surface area (Å²) in [5.74, 6) is 1.05. The van der Waals surface area contributed by atoms with E-state index in [4.69, 9.17) is 4.74 Å². The molecule has 1 nitrogen and oxygen atoms in total. The van der Waals surface area contributed by atoms with Gasteiger partial charge >= 0.3 is 0 Å². The summed E-state index contributed by atoms with van der Waals surface area (Å²) < 4.78 is 5.77. The van der Waals surface area contributed by atoms with Crippen LogP contribution in [0.1, 0.15) is 31.7 Å². The smallest absolute Gasteiger partial charge is 0.122 e. The van der Waals surface area contributed by atoms with Crippen LogP contribution in [0.15, 0.2) is 24.3 Å². The first-order valence-electron chi connectivity index (χ1n) is 5.65. The third-order valence-corrected chi connectivity index (χ3v) is 2.74. The van der Waals surface area contributed by atoms with Crippen LogP contribution in [0.4, 0.5) is 0 Å². The van der Waals surface area contributed by atoms with E-state index in [1.807, 2.05) is 6.07 Å². The van der Waals surface area contributed by atoms with Crippen LogP contribution in [0.25, 0.3) is 0 Å². The van der Waals surface area contributed by atoms with Gasteiger partial charge in [0.15, 0.2) is 0 Å². The van der Waals surface area contributed by atoms with E-state index < -0.39 is 0 Å². The Morgan fingerprint density at radius 2 is 2.00 bits per heavy atom. The summed E-state index contributed by atoms with van der Waals surface area (Å²) in [6.45, 7) is 3.05. The Hall–Kier alpha value is -0.500. The number of halogens is 1. The van der Waals surface area contributed by atoms with Crippen molar-refractivity contribution in [2.45, 2.75) is 32.6 Å². The molecule has 0 spiro atoms. The lowest BCUT2D eigenvalue weighted by Crippen LogP contribution is -2.00. The highest BCUT2D eigenvalue weighted by Gasteiger charge is 2.01. The molecule has 0 heterocycles. The predicted molar refractivity (Wildman–Crippen MR) is 69.0 cm³/mol. The number of hydrogen-bond donors (Lipinski definition) is 0. The lowest BCUT2D eigenvalue weighted by molar-refractivity contribution is 0.303. The molecule has 0 saturated carbocycles. The number of ether oxygens (including phenoxy) is 1. The maximum atomic E-state index is 5.77. The molecule has 0 atom stereocenters. The van der Waals surface area contributed by atoms with Crippen molar-refractivity contribution >= 4 is 15.9 Å². The Morgan fingerprint density at radius 3 is 2.73 bits per heavy atom. The Balaban J connectivity index is 2.44. The second-order valence-electron chi connectivity index (χ2n) is 3.60. The zero-order chi connectivity index (χ0) is 10.9. The van der Waals surface area contributed by atoms with E-state index in [-0.39, 0.29) is 0 Å². The minimum atomic E-state index is 0.840. The molecule has 1 aromatic rings. The molecule has 0 aliphatic carbocycles. The quantitative estimate of drug-likeness (QED) is 0.533. The highest BCUT2D eigenvalue weighted by atomic mass is 79.9. The molecule has 15 heavy (non-hydrogen) atoms. The number of rotatable bonds is 7. The number of benzene rings is 1. The second-order valence-corrected chi connectivity index (χ2v) is 4.40. The molecule has 0 aliphatic rings. The van der Waals surface area contributed by atoms with E-state index in [1.54, 1.807) is 0 Å². The zero-order valence-electron chi connectivity index (χ0n) is 9.34. The number of para-hydroxylation sites is 1. The van der Waals surface area contributed by atoms with Crippen LogP contribution < -0.4 is 4.74 Å². The number of alkyl halides is 1. The topological polar surface area (TPSA) is 9.23 Å². The fourth-order valence-electron chi connectivity index (χ4n) is 1.49. The van der Waals surface area contributed by atoms with Crippen LogP contribution >= 0.6 is 15.9 Å². The lowest BCUT2D eigenvalue weighted by atomic mass is 10.1. The summed E-state index contributed by atoms with van der Waals surface area (Å²) in [6.07, 6.45) is 4.68. The number of aryl methyl sites for hydroxylation is 1. The lowest BCUT2D eigenvalue weighted by Gasteiger charge is -2.10. The molecule has 0 amide bonds. The Kier molecular flexibility index (Phi) is 6.49. The van der Waals surface area contributed by atoms with Crippen LogP contribution in [-0.2, 0) is 6.42 Å². The van der Waals surface area contributed by atoms with Crippen molar-refractivity contribution in [1.82, 2.24) is 0 Å². The summed E-state index contributed by atoms with van der Waals surface area (Å²) in [7, 11) is 0. The highest BCUT2D eigenvalue weighted by Crippen LogP contribution is 2.19. The van der Waals surface area contributed by atoms with Gasteiger partial charge in [0.25, 0.3) is 0 Å². The Bertz CT molecular complexity index is 273. The summed E-state index contributed by atoms with van der Waals surface area (Å²) >= 11 is 3.46. The summed E-state index contributed by atoms with van der Waals surface area (Å²) in [6, 6.07) is 8.30. The maximum Gasteiger partial charge on any atom is 0.122 e. The van der Waals surface area contributed by atoms with Crippen molar-refractivity contribution in [3.05, 3.63) is 29.8 Å². The Labute approximate surface area is 101 Å². The standard InChI is InChI=1S/C13H19BrO/c1-2-3-6-11-15-13-8-5-4-7-12(13)9-10-14/h4-5,7-8H,2-3,6,9-11H2,1H3. The minimum absolute atomic E-state index is 0.840. The highest BCUT2D eigenvalue weighted by molar-refractivity contribution is 9.09. The molecule has 0 aromatic heterocycles. The third kappa shape index (κ3) is 4.70. The number of hydrogen-bond acceptors (Lipinski definition) is 1. The monoisotopic (exact) mass is 270 g/mol. The molecular weight excluding hydrogens is 252 g/mol. The normalized spacial score (nSPS) is 10.3. The van der Waals surface area contributed by atoms with Crippen LogP contribution in [0.5, 0.6) is 5.75 Å². The average Bonchev–Trinajstić information content (AvgIpc) is 2.27. The second kappa shape index (κ2) is 7.75. The van der Waals surface area contributed by atoms with Crippen molar-refractivity contribution < 1.29 is 4.74 Å². The van der Waals surface area contributed by atoms with E-state index in [0.29, 0.717) is 0 Å². The van der Waals surface area contributed by atoms with Crippen molar-refractivity contribution in [2.24, 2.45) is 0 Å². The average molecular weight is 271 g/mol. The van der Waals surface area contributed by atoms with Gasteiger partial charge in [-0.1, -0.05) is 53.9 Å². The van der Waals surface area contributed by atoms with E-state index in [1.165, 1.54) is 18.4 Å². The fourth-order valence-corrected chi connectivity index (χ4v) is 1.91. The first-order chi connectivity index (χ1) is 7.38. The fraction of sp³-hybridized carbons (Fsp3) is 0.538. The predicted octanol–water partition coefficient (Wildman–Crippen LogP) is 4.19. The molecule has 2 heteroatoms. The summed E-state index contributed by atoms with van der Waals surface area (Å²) in [5, 5.41) is 0.988. The van der Waals surface area contributed by atoms with E-state index in [2.05, 4.69) is 41.1 Å². The largest absolute Gasteiger partial charge is 0.493 e. The first kappa shape index (κ1) is 12.6. The molecule has 0 N–H and O–H groups in total. The maximum absolute atomic E-state index is 5.77. The minimum Gasteiger partial charge on any atom is -0.493 e. The zero-order valence-corrected chi connectivity index (χ0v) is 10.9. The van der Waals surface area contributed by atoms with Gasteiger partial charge in [0.05, 0.1) is 6.61 Å². The van der Waals surface area contributed by atoms with Gasteiger partial charge in [-0.3, -0.25) is 0 Å². The molecular formula is C13H19BrO. The van der Waals surface area contributed by atoms with Gasteiger partial charge in [-0.25, -0.2) is 0 Å². The molecule has 84 valence electrons. The Morgan fingerprint density at radius 1 is 1.20 bits per heavy atom. The molecule has 0 bridgehead atoms. The molecule has 0 unspecified atom stereocenters. The molecule has 1 aromatic carbocycles. The molecule has 1 rings (SSSR count). The van der Waals surface area contributed by atoms with Gasteiger partial charge < -0.3 is 4.74 Å². The van der Waals surface area contributed by atoms with E-state index in [0.717, 1.165) is 30.5 Å². The van der Waals surface area contributed by atoms with Crippen molar-refractivity contribution in [3.63, 3.8) is 0 Å². The van der Waals surface area contributed by atoms with Crippen molar-refractivity contribution in [3.8, 4) is 5.75 Å². The van der Waals surface area contributed by atoms with Gasteiger partial charge in [0.2, 0.25) is 0 Å². The van der Waals surface area contributed by atoms with Crippen LogP contribution in [0.2, 0.25) is 0 Å². The van der Waals surface area contributed by atoms with E-state index in [9.17, 15) is 0 Å². The van der Waals surface area contributed by atoms with Crippen molar-refractivity contribution in [2.75, 3.05) is 11.9 Å². The van der Waals surface area contributed by atoms with Gasteiger partial charge in [-0.2, -0.15) is 0 Å². The number of unbranched alkanes of at least 4 members (excludes halogenated alkanes) is 2. The van der Waals surface area contributed by atoms with Gasteiger partial charge in [-0.05, 0) is 24.5 Å². The molecule has 0 aliphatic heterocycles. The molecule has 0 fully saturated rings. The molecule has 0 saturated heterocycles. The van der Waals surface area contributed by atoms with Crippen LogP contribution in [-0.4, -0.2) is 11.9 Å². The van der Waals surface area contributed by atoms with E-state index >= 15 is 0 Å². The third-order valence-electron chi connectivity index (χ3n) is 2.34. The SMILES string of the molecule is CCCCCOc1ccccc1CCBr. The molecule has 0 radical (unpaired) electrons. The first-order valence-corrected chi connectivity index (χ1v) is 6.77. The van der Waals surface area contributed by atoms with Crippen LogP contribution in [0, 0.1) is 0 Å². The van der Waals surface area contributed by atoms with Gasteiger partial charge in [0, 0.05) is 5.33 Å². The van der Waals surface area contributed by atoms with Crippen LogP contribution in [0.3, 0.4) is 0 Å². The van der Waals surface area contributed by atoms with Gasteiger partial charge in [0.1, 0.15) is 5.75 Å². The van der Waals surface area contributed by atoms with Gasteiger partial charge in [-0.15, -0.1) is 0 Å². The summed E-state index contributed by atoms with van der Waals surface area (Å²) in [5.41, 5.74) is 1.30. The summed E-state index contributed by atoms with van der Waals surface area (Å²) in [4.78, 5) is 0.